The molecule has 3 heteroatoms. The highest BCUT2D eigenvalue weighted by molar-refractivity contribution is 5.81. The maximum absolute atomic E-state index is 11.3. The van der Waals surface area contributed by atoms with Gasteiger partial charge in [0.25, 0.3) is 0 Å². The molecule has 0 aromatic rings. The summed E-state index contributed by atoms with van der Waals surface area (Å²) in [5, 5.41) is 2.78. The number of amides is 1. The number of nitrogens with two attached hydrogens (primary N) is 1. The van der Waals surface area contributed by atoms with Crippen LogP contribution in [0.3, 0.4) is 0 Å². The van der Waals surface area contributed by atoms with Gasteiger partial charge in [0, 0.05) is 6.54 Å². The van der Waals surface area contributed by atoms with E-state index in [2.05, 4.69) is 5.32 Å². The molecule has 1 unspecified atom stereocenters. The first-order valence-corrected chi connectivity index (χ1v) is 4.74. The van der Waals surface area contributed by atoms with Gasteiger partial charge in [0.15, 0.2) is 0 Å². The van der Waals surface area contributed by atoms with Crippen LogP contribution < -0.4 is 11.1 Å². The summed E-state index contributed by atoms with van der Waals surface area (Å²) in [4.78, 5) is 11.3. The van der Waals surface area contributed by atoms with Crippen molar-refractivity contribution in [3.8, 4) is 0 Å². The molecule has 0 saturated heterocycles. The zero-order chi connectivity index (χ0) is 10.3. The molecule has 0 heterocycles. The Kier molecular flexibility index (Phi) is 6.24. The molecule has 0 aliphatic rings. The number of hydrogen-bond donors (Lipinski definition) is 2. The number of hydrogen-bond acceptors (Lipinski definition) is 2. The van der Waals surface area contributed by atoms with E-state index in [9.17, 15) is 4.79 Å². The SMILES string of the molecule is C/C=C/CCNC(=O)C(N)C(C)C. The number of carbonyl (C=O) groups is 1. The molecule has 0 aliphatic heterocycles. The lowest BCUT2D eigenvalue weighted by atomic mass is 10.1. The molecule has 0 radical (unpaired) electrons. The molecule has 1 amide bonds. The van der Waals surface area contributed by atoms with Crippen LogP contribution >= 0.6 is 0 Å². The summed E-state index contributed by atoms with van der Waals surface area (Å²) in [5.41, 5.74) is 5.64. The highest BCUT2D eigenvalue weighted by Gasteiger charge is 2.15. The molecule has 0 aromatic carbocycles. The van der Waals surface area contributed by atoms with E-state index in [-0.39, 0.29) is 17.9 Å². The Morgan fingerprint density at radius 1 is 1.54 bits per heavy atom. The van der Waals surface area contributed by atoms with Gasteiger partial charge in [-0.05, 0) is 19.3 Å². The van der Waals surface area contributed by atoms with Crippen molar-refractivity contribution in [2.24, 2.45) is 11.7 Å². The molecule has 0 rings (SSSR count). The third kappa shape index (κ3) is 5.42. The average molecular weight is 184 g/mol. The summed E-state index contributed by atoms with van der Waals surface area (Å²) in [5.74, 6) is 0.140. The smallest absolute Gasteiger partial charge is 0.237 e. The summed E-state index contributed by atoms with van der Waals surface area (Å²) >= 11 is 0. The van der Waals surface area contributed by atoms with Gasteiger partial charge in [-0.15, -0.1) is 0 Å². The quantitative estimate of drug-likeness (QED) is 0.495. The van der Waals surface area contributed by atoms with Crippen LogP contribution in [-0.2, 0) is 4.79 Å². The monoisotopic (exact) mass is 184 g/mol. The Morgan fingerprint density at radius 2 is 2.15 bits per heavy atom. The Balaban J connectivity index is 3.62. The van der Waals surface area contributed by atoms with E-state index in [4.69, 9.17) is 5.73 Å². The lowest BCUT2D eigenvalue weighted by molar-refractivity contribution is -0.123. The summed E-state index contributed by atoms with van der Waals surface area (Å²) in [7, 11) is 0. The fourth-order valence-electron chi connectivity index (χ4n) is 0.866. The molecular weight excluding hydrogens is 164 g/mol. The van der Waals surface area contributed by atoms with Crippen LogP contribution in [0, 0.1) is 5.92 Å². The summed E-state index contributed by atoms with van der Waals surface area (Å²) in [6, 6.07) is -0.384. The first kappa shape index (κ1) is 12.2. The highest BCUT2D eigenvalue weighted by atomic mass is 16.2. The van der Waals surface area contributed by atoms with Crippen LogP contribution in [0.15, 0.2) is 12.2 Å². The molecule has 0 spiro atoms. The van der Waals surface area contributed by atoms with Gasteiger partial charge in [-0.2, -0.15) is 0 Å². The lowest BCUT2D eigenvalue weighted by Gasteiger charge is -2.14. The van der Waals surface area contributed by atoms with Crippen LogP contribution in [0.4, 0.5) is 0 Å². The standard InChI is InChI=1S/C10H20N2O/c1-4-5-6-7-12-10(13)9(11)8(2)3/h4-5,8-9H,6-7,11H2,1-3H3,(H,12,13)/b5-4+. The van der Waals surface area contributed by atoms with Gasteiger partial charge in [0.05, 0.1) is 6.04 Å². The predicted molar refractivity (Wildman–Crippen MR) is 55.3 cm³/mol. The van der Waals surface area contributed by atoms with Gasteiger partial charge in [0.1, 0.15) is 0 Å². The Labute approximate surface area is 80.4 Å². The van der Waals surface area contributed by atoms with Crippen molar-refractivity contribution < 1.29 is 4.79 Å². The van der Waals surface area contributed by atoms with Crippen LogP contribution in [0.2, 0.25) is 0 Å². The van der Waals surface area contributed by atoms with Gasteiger partial charge in [0.2, 0.25) is 5.91 Å². The zero-order valence-corrected chi connectivity index (χ0v) is 8.71. The maximum atomic E-state index is 11.3. The third-order valence-electron chi connectivity index (χ3n) is 1.87. The fraction of sp³-hybridized carbons (Fsp3) is 0.700. The lowest BCUT2D eigenvalue weighted by Crippen LogP contribution is -2.44. The van der Waals surface area contributed by atoms with Gasteiger partial charge >= 0.3 is 0 Å². The van der Waals surface area contributed by atoms with E-state index < -0.39 is 0 Å². The van der Waals surface area contributed by atoms with Crippen LogP contribution in [0.25, 0.3) is 0 Å². The van der Waals surface area contributed by atoms with Crippen LogP contribution in [0.5, 0.6) is 0 Å². The molecule has 13 heavy (non-hydrogen) atoms. The summed E-state index contributed by atoms with van der Waals surface area (Å²) in [6.07, 6.45) is 4.85. The molecule has 0 bridgehead atoms. The van der Waals surface area contributed by atoms with Crippen molar-refractivity contribution in [1.82, 2.24) is 5.32 Å². The van der Waals surface area contributed by atoms with E-state index in [0.29, 0.717) is 6.54 Å². The van der Waals surface area contributed by atoms with E-state index in [1.54, 1.807) is 0 Å². The van der Waals surface area contributed by atoms with Crippen LogP contribution in [-0.4, -0.2) is 18.5 Å². The molecule has 0 aliphatic carbocycles. The molecule has 3 nitrogen and oxygen atoms in total. The molecule has 1 atom stereocenters. The Morgan fingerprint density at radius 3 is 2.62 bits per heavy atom. The minimum absolute atomic E-state index is 0.0560. The molecule has 0 aromatic heterocycles. The van der Waals surface area contributed by atoms with E-state index in [0.717, 1.165) is 6.42 Å². The number of carbonyl (C=O) groups excluding carboxylic acids is 1. The van der Waals surface area contributed by atoms with E-state index >= 15 is 0 Å². The van der Waals surface area contributed by atoms with Crippen LogP contribution in [0.1, 0.15) is 27.2 Å². The first-order chi connectivity index (χ1) is 6.09. The molecule has 76 valence electrons. The highest BCUT2D eigenvalue weighted by Crippen LogP contribution is 1.97. The second kappa shape index (κ2) is 6.66. The van der Waals surface area contributed by atoms with Crippen molar-refractivity contribution in [3.05, 3.63) is 12.2 Å². The van der Waals surface area contributed by atoms with Gasteiger partial charge < -0.3 is 11.1 Å². The Bertz CT molecular complexity index is 176. The molecule has 0 saturated carbocycles. The number of rotatable bonds is 5. The topological polar surface area (TPSA) is 55.1 Å². The van der Waals surface area contributed by atoms with Gasteiger partial charge in [-0.1, -0.05) is 26.0 Å². The van der Waals surface area contributed by atoms with Crippen molar-refractivity contribution in [1.29, 1.82) is 0 Å². The average Bonchev–Trinajstić information content (AvgIpc) is 2.10. The van der Waals surface area contributed by atoms with E-state index in [1.807, 2.05) is 32.9 Å². The number of allylic oxidation sites excluding steroid dienone is 1. The van der Waals surface area contributed by atoms with Crippen molar-refractivity contribution >= 4 is 5.91 Å². The minimum atomic E-state index is -0.384. The zero-order valence-electron chi connectivity index (χ0n) is 8.71. The summed E-state index contributed by atoms with van der Waals surface area (Å²) < 4.78 is 0. The van der Waals surface area contributed by atoms with Crippen molar-refractivity contribution in [2.45, 2.75) is 33.2 Å². The minimum Gasteiger partial charge on any atom is -0.354 e. The maximum Gasteiger partial charge on any atom is 0.237 e. The molecule has 3 N–H and O–H groups in total. The largest absolute Gasteiger partial charge is 0.354 e. The van der Waals surface area contributed by atoms with Gasteiger partial charge in [-0.25, -0.2) is 0 Å². The van der Waals surface area contributed by atoms with Crippen molar-refractivity contribution in [2.75, 3.05) is 6.54 Å². The first-order valence-electron chi connectivity index (χ1n) is 4.74. The summed E-state index contributed by atoms with van der Waals surface area (Å²) in [6.45, 7) is 6.51. The molecule has 0 fully saturated rings. The second-order valence-electron chi connectivity index (χ2n) is 3.42. The van der Waals surface area contributed by atoms with E-state index in [1.165, 1.54) is 0 Å². The predicted octanol–water partition coefficient (Wildman–Crippen LogP) is 1.05. The second-order valence-corrected chi connectivity index (χ2v) is 3.42. The van der Waals surface area contributed by atoms with Gasteiger partial charge in [-0.3, -0.25) is 4.79 Å². The Hall–Kier alpha value is -0.830. The normalized spacial score (nSPS) is 13.6. The molecular formula is C10H20N2O. The fourth-order valence-corrected chi connectivity index (χ4v) is 0.866. The number of nitrogens with one attached hydrogen (secondary N) is 1. The third-order valence-corrected chi connectivity index (χ3v) is 1.87. The van der Waals surface area contributed by atoms with Crippen molar-refractivity contribution in [3.63, 3.8) is 0 Å².